The molecular weight excluding hydrogens is 112 g/mol. The SMILES string of the molecule is C/C=C\C1CCCCO1. The second kappa shape index (κ2) is 3.67. The van der Waals surface area contributed by atoms with E-state index in [0.29, 0.717) is 6.10 Å². The minimum Gasteiger partial charge on any atom is -0.374 e. The summed E-state index contributed by atoms with van der Waals surface area (Å²) in [5.74, 6) is 0. The van der Waals surface area contributed by atoms with Crippen molar-refractivity contribution in [2.45, 2.75) is 32.3 Å². The van der Waals surface area contributed by atoms with Crippen LogP contribution in [0.25, 0.3) is 0 Å². The minimum atomic E-state index is 0.420. The Morgan fingerprint density at radius 1 is 1.44 bits per heavy atom. The fraction of sp³-hybridized carbons (Fsp3) is 0.750. The van der Waals surface area contributed by atoms with Crippen LogP contribution in [-0.4, -0.2) is 12.7 Å². The summed E-state index contributed by atoms with van der Waals surface area (Å²) in [7, 11) is 0. The van der Waals surface area contributed by atoms with Crippen LogP contribution in [0.2, 0.25) is 0 Å². The van der Waals surface area contributed by atoms with E-state index in [-0.39, 0.29) is 0 Å². The third-order valence-electron chi connectivity index (χ3n) is 1.62. The molecule has 0 aliphatic carbocycles. The Morgan fingerprint density at radius 3 is 2.89 bits per heavy atom. The Labute approximate surface area is 56.7 Å². The van der Waals surface area contributed by atoms with E-state index in [9.17, 15) is 0 Å². The maximum Gasteiger partial charge on any atom is 0.0755 e. The average molecular weight is 126 g/mol. The maximum absolute atomic E-state index is 5.43. The fourth-order valence-electron chi connectivity index (χ4n) is 1.13. The Morgan fingerprint density at radius 2 is 2.33 bits per heavy atom. The van der Waals surface area contributed by atoms with Crippen LogP contribution in [0.15, 0.2) is 12.2 Å². The van der Waals surface area contributed by atoms with Gasteiger partial charge in [-0.25, -0.2) is 0 Å². The minimum absolute atomic E-state index is 0.420. The van der Waals surface area contributed by atoms with Crippen LogP contribution in [0.1, 0.15) is 26.2 Å². The van der Waals surface area contributed by atoms with Crippen LogP contribution in [-0.2, 0) is 4.74 Å². The lowest BCUT2D eigenvalue weighted by atomic mass is 10.1. The lowest BCUT2D eigenvalue weighted by Crippen LogP contribution is -2.15. The molecule has 0 bridgehead atoms. The van der Waals surface area contributed by atoms with Gasteiger partial charge in [-0.1, -0.05) is 12.2 Å². The molecule has 0 spiro atoms. The van der Waals surface area contributed by atoms with Crippen LogP contribution < -0.4 is 0 Å². The quantitative estimate of drug-likeness (QED) is 0.489. The third kappa shape index (κ3) is 2.19. The Balaban J connectivity index is 2.23. The summed E-state index contributed by atoms with van der Waals surface area (Å²) in [6, 6.07) is 0. The normalized spacial score (nSPS) is 29.2. The molecule has 1 saturated heterocycles. The molecule has 1 aliphatic heterocycles. The molecule has 1 rings (SSSR count). The van der Waals surface area contributed by atoms with Crippen molar-refractivity contribution in [3.05, 3.63) is 12.2 Å². The van der Waals surface area contributed by atoms with Gasteiger partial charge in [-0.05, 0) is 26.2 Å². The van der Waals surface area contributed by atoms with Gasteiger partial charge in [0.25, 0.3) is 0 Å². The largest absolute Gasteiger partial charge is 0.374 e. The monoisotopic (exact) mass is 126 g/mol. The van der Waals surface area contributed by atoms with Crippen LogP contribution in [0.5, 0.6) is 0 Å². The van der Waals surface area contributed by atoms with E-state index >= 15 is 0 Å². The first-order chi connectivity index (χ1) is 4.43. The van der Waals surface area contributed by atoms with E-state index < -0.39 is 0 Å². The van der Waals surface area contributed by atoms with Gasteiger partial charge in [0.1, 0.15) is 0 Å². The Bertz CT molecular complexity index is 90.7. The van der Waals surface area contributed by atoms with Gasteiger partial charge in [-0.2, -0.15) is 0 Å². The highest BCUT2D eigenvalue weighted by molar-refractivity contribution is 4.87. The zero-order chi connectivity index (χ0) is 6.53. The summed E-state index contributed by atoms with van der Waals surface area (Å²) in [5.41, 5.74) is 0. The van der Waals surface area contributed by atoms with E-state index in [0.717, 1.165) is 6.61 Å². The van der Waals surface area contributed by atoms with Crippen molar-refractivity contribution in [2.75, 3.05) is 6.61 Å². The van der Waals surface area contributed by atoms with Gasteiger partial charge in [0.15, 0.2) is 0 Å². The molecule has 0 aromatic heterocycles. The highest BCUT2D eigenvalue weighted by Crippen LogP contribution is 2.12. The second-order valence-electron chi connectivity index (χ2n) is 2.43. The molecule has 1 fully saturated rings. The standard InChI is InChI=1S/C8H14O/c1-2-5-8-6-3-4-7-9-8/h2,5,8H,3-4,6-7H2,1H3/b5-2-. The first kappa shape index (κ1) is 6.81. The van der Waals surface area contributed by atoms with Gasteiger partial charge in [-0.3, -0.25) is 0 Å². The number of hydrogen-bond donors (Lipinski definition) is 0. The number of rotatable bonds is 1. The van der Waals surface area contributed by atoms with Crippen molar-refractivity contribution in [3.8, 4) is 0 Å². The van der Waals surface area contributed by atoms with E-state index in [1.165, 1.54) is 19.3 Å². The summed E-state index contributed by atoms with van der Waals surface area (Å²) < 4.78 is 5.43. The molecule has 1 nitrogen and oxygen atoms in total. The first-order valence-corrected chi connectivity index (χ1v) is 3.68. The first-order valence-electron chi connectivity index (χ1n) is 3.68. The van der Waals surface area contributed by atoms with E-state index in [1.54, 1.807) is 0 Å². The third-order valence-corrected chi connectivity index (χ3v) is 1.62. The number of allylic oxidation sites excluding steroid dienone is 1. The molecule has 1 unspecified atom stereocenters. The molecule has 0 saturated carbocycles. The molecule has 0 aromatic rings. The predicted octanol–water partition coefficient (Wildman–Crippen LogP) is 2.13. The Hall–Kier alpha value is -0.300. The van der Waals surface area contributed by atoms with E-state index in [2.05, 4.69) is 12.2 Å². The molecule has 0 aromatic carbocycles. The molecule has 1 aliphatic rings. The van der Waals surface area contributed by atoms with Crippen LogP contribution in [0, 0.1) is 0 Å². The summed E-state index contributed by atoms with van der Waals surface area (Å²) >= 11 is 0. The van der Waals surface area contributed by atoms with Gasteiger partial charge in [0.05, 0.1) is 6.10 Å². The summed E-state index contributed by atoms with van der Waals surface area (Å²) in [6.07, 6.45) is 8.41. The molecule has 1 heterocycles. The van der Waals surface area contributed by atoms with Gasteiger partial charge < -0.3 is 4.74 Å². The summed E-state index contributed by atoms with van der Waals surface area (Å²) in [6.45, 7) is 2.99. The molecule has 1 atom stereocenters. The van der Waals surface area contributed by atoms with Crippen molar-refractivity contribution in [3.63, 3.8) is 0 Å². The average Bonchev–Trinajstić information content (AvgIpc) is 1.91. The molecule has 9 heavy (non-hydrogen) atoms. The zero-order valence-corrected chi connectivity index (χ0v) is 5.97. The van der Waals surface area contributed by atoms with Crippen LogP contribution in [0.3, 0.4) is 0 Å². The van der Waals surface area contributed by atoms with Crippen molar-refractivity contribution in [2.24, 2.45) is 0 Å². The zero-order valence-electron chi connectivity index (χ0n) is 5.97. The summed E-state index contributed by atoms with van der Waals surface area (Å²) in [5, 5.41) is 0. The maximum atomic E-state index is 5.43. The molecule has 0 radical (unpaired) electrons. The smallest absolute Gasteiger partial charge is 0.0755 e. The second-order valence-corrected chi connectivity index (χ2v) is 2.43. The number of ether oxygens (including phenoxy) is 1. The topological polar surface area (TPSA) is 9.23 Å². The lowest BCUT2D eigenvalue weighted by molar-refractivity contribution is 0.0465. The lowest BCUT2D eigenvalue weighted by Gasteiger charge is -2.18. The van der Waals surface area contributed by atoms with Crippen molar-refractivity contribution in [1.82, 2.24) is 0 Å². The van der Waals surface area contributed by atoms with E-state index in [4.69, 9.17) is 4.74 Å². The molecule has 0 N–H and O–H groups in total. The molecule has 52 valence electrons. The van der Waals surface area contributed by atoms with Crippen molar-refractivity contribution >= 4 is 0 Å². The Kier molecular flexibility index (Phi) is 2.78. The van der Waals surface area contributed by atoms with Gasteiger partial charge in [0.2, 0.25) is 0 Å². The van der Waals surface area contributed by atoms with Gasteiger partial charge in [-0.15, -0.1) is 0 Å². The van der Waals surface area contributed by atoms with Crippen molar-refractivity contribution in [1.29, 1.82) is 0 Å². The highest BCUT2D eigenvalue weighted by Gasteiger charge is 2.08. The summed E-state index contributed by atoms with van der Waals surface area (Å²) in [4.78, 5) is 0. The predicted molar refractivity (Wildman–Crippen MR) is 38.4 cm³/mol. The fourth-order valence-corrected chi connectivity index (χ4v) is 1.13. The van der Waals surface area contributed by atoms with Crippen molar-refractivity contribution < 1.29 is 4.74 Å². The van der Waals surface area contributed by atoms with Crippen LogP contribution in [0.4, 0.5) is 0 Å². The molecular formula is C8H14O. The highest BCUT2D eigenvalue weighted by atomic mass is 16.5. The van der Waals surface area contributed by atoms with Crippen LogP contribution >= 0.6 is 0 Å². The molecule has 0 amide bonds. The van der Waals surface area contributed by atoms with E-state index in [1.807, 2.05) is 6.92 Å². The molecule has 1 heteroatoms. The van der Waals surface area contributed by atoms with Gasteiger partial charge >= 0.3 is 0 Å². The van der Waals surface area contributed by atoms with Gasteiger partial charge in [0, 0.05) is 6.61 Å². The number of hydrogen-bond acceptors (Lipinski definition) is 1.